The number of hydrogen-bond donors (Lipinski definition) is 0. The molecule has 1 aliphatic heterocycles. The zero-order chi connectivity index (χ0) is 22.9. The van der Waals surface area contributed by atoms with Crippen LogP contribution in [0.2, 0.25) is 0 Å². The monoisotopic (exact) mass is 440 g/mol. The van der Waals surface area contributed by atoms with Crippen molar-refractivity contribution in [1.82, 2.24) is 9.80 Å². The fourth-order valence-corrected chi connectivity index (χ4v) is 3.74. The average molecular weight is 441 g/mol. The first-order valence-corrected chi connectivity index (χ1v) is 11.0. The molecule has 0 bridgehead atoms. The molecule has 0 radical (unpaired) electrons. The first-order chi connectivity index (χ1) is 15.5. The van der Waals surface area contributed by atoms with Crippen molar-refractivity contribution in [2.75, 3.05) is 47.0 Å². The van der Waals surface area contributed by atoms with E-state index < -0.39 is 0 Å². The van der Waals surface area contributed by atoms with Crippen LogP contribution in [-0.2, 0) is 4.79 Å². The van der Waals surface area contributed by atoms with Crippen molar-refractivity contribution in [2.45, 2.75) is 26.2 Å². The van der Waals surface area contributed by atoms with Gasteiger partial charge in [-0.2, -0.15) is 0 Å². The Balaban J connectivity index is 1.39. The molecule has 7 heteroatoms. The Morgan fingerprint density at radius 2 is 1.59 bits per heavy atom. The van der Waals surface area contributed by atoms with E-state index in [2.05, 4.69) is 0 Å². The quantitative estimate of drug-likeness (QED) is 0.558. The Hall–Kier alpha value is -3.22. The van der Waals surface area contributed by atoms with Gasteiger partial charge in [0, 0.05) is 38.2 Å². The van der Waals surface area contributed by atoms with Crippen molar-refractivity contribution in [3.05, 3.63) is 53.6 Å². The lowest BCUT2D eigenvalue weighted by atomic mass is 10.1. The van der Waals surface area contributed by atoms with E-state index in [1.807, 2.05) is 36.1 Å². The Labute approximate surface area is 189 Å². The molecule has 1 saturated heterocycles. The predicted octanol–water partition coefficient (Wildman–Crippen LogP) is 3.55. The number of carbonyl (C=O) groups excluding carboxylic acids is 2. The third-order valence-electron chi connectivity index (χ3n) is 5.59. The maximum atomic E-state index is 12.8. The van der Waals surface area contributed by atoms with Gasteiger partial charge in [0.1, 0.15) is 5.75 Å². The number of rotatable bonds is 9. The number of piperazine rings is 1. The van der Waals surface area contributed by atoms with E-state index in [9.17, 15) is 9.59 Å². The second kappa shape index (κ2) is 11.4. The lowest BCUT2D eigenvalue weighted by Crippen LogP contribution is -2.50. The summed E-state index contributed by atoms with van der Waals surface area (Å²) in [5.41, 5.74) is 1.72. The summed E-state index contributed by atoms with van der Waals surface area (Å²) in [6.07, 6.45) is 2.12. The van der Waals surface area contributed by atoms with Crippen molar-refractivity contribution in [3.8, 4) is 17.2 Å². The first-order valence-electron chi connectivity index (χ1n) is 11.0. The molecule has 0 aliphatic carbocycles. The zero-order valence-corrected chi connectivity index (χ0v) is 19.1. The van der Waals surface area contributed by atoms with Gasteiger partial charge in [0.25, 0.3) is 5.91 Å². The lowest BCUT2D eigenvalue weighted by Gasteiger charge is -2.35. The summed E-state index contributed by atoms with van der Waals surface area (Å²) >= 11 is 0. The van der Waals surface area contributed by atoms with Gasteiger partial charge < -0.3 is 24.0 Å². The molecule has 2 amide bonds. The molecule has 0 aromatic heterocycles. The van der Waals surface area contributed by atoms with Crippen molar-refractivity contribution >= 4 is 11.8 Å². The maximum absolute atomic E-state index is 12.8. The number of hydrogen-bond acceptors (Lipinski definition) is 5. The summed E-state index contributed by atoms with van der Waals surface area (Å²) in [5.74, 6) is 2.05. The lowest BCUT2D eigenvalue weighted by molar-refractivity contribution is -0.132. The standard InChI is InChI=1S/C25H32N2O5/c1-19-7-6-8-21(17-19)32-16-5-4-9-24(28)26-12-14-27(15-13-26)25(29)20-10-11-22(30-2)23(18-20)31-3/h6-8,10-11,17-18H,4-5,9,12-16H2,1-3H3. The van der Waals surface area contributed by atoms with Crippen LogP contribution < -0.4 is 14.2 Å². The number of carbonyl (C=O) groups is 2. The van der Waals surface area contributed by atoms with E-state index in [4.69, 9.17) is 14.2 Å². The molecule has 0 saturated carbocycles. The van der Waals surface area contributed by atoms with Crippen LogP contribution in [0.5, 0.6) is 17.2 Å². The molecule has 0 spiro atoms. The van der Waals surface area contributed by atoms with Crippen LogP contribution in [0, 0.1) is 6.92 Å². The van der Waals surface area contributed by atoms with Gasteiger partial charge in [-0.25, -0.2) is 0 Å². The molecule has 1 heterocycles. The summed E-state index contributed by atoms with van der Waals surface area (Å²) in [7, 11) is 3.11. The van der Waals surface area contributed by atoms with Crippen molar-refractivity contribution < 1.29 is 23.8 Å². The number of ether oxygens (including phenoxy) is 3. The SMILES string of the molecule is COc1ccc(C(=O)N2CCN(C(=O)CCCCOc3cccc(C)c3)CC2)cc1OC. The largest absolute Gasteiger partial charge is 0.494 e. The molecule has 32 heavy (non-hydrogen) atoms. The van der Waals surface area contributed by atoms with Crippen molar-refractivity contribution in [1.29, 1.82) is 0 Å². The third kappa shape index (κ3) is 6.15. The maximum Gasteiger partial charge on any atom is 0.254 e. The summed E-state index contributed by atoms with van der Waals surface area (Å²) in [6.45, 7) is 4.79. The normalized spacial score (nSPS) is 13.6. The molecule has 2 aromatic rings. The predicted molar refractivity (Wildman–Crippen MR) is 123 cm³/mol. The van der Waals surface area contributed by atoms with Crippen LogP contribution in [0.25, 0.3) is 0 Å². The Morgan fingerprint density at radius 1 is 0.875 bits per heavy atom. The average Bonchev–Trinajstić information content (AvgIpc) is 2.83. The van der Waals surface area contributed by atoms with Gasteiger partial charge in [-0.1, -0.05) is 12.1 Å². The smallest absolute Gasteiger partial charge is 0.254 e. The summed E-state index contributed by atoms with van der Waals surface area (Å²) < 4.78 is 16.3. The van der Waals surface area contributed by atoms with Gasteiger partial charge in [-0.15, -0.1) is 0 Å². The van der Waals surface area contributed by atoms with Gasteiger partial charge in [0.2, 0.25) is 5.91 Å². The van der Waals surface area contributed by atoms with Crippen molar-refractivity contribution in [2.24, 2.45) is 0 Å². The van der Waals surface area contributed by atoms with E-state index in [0.29, 0.717) is 56.3 Å². The zero-order valence-electron chi connectivity index (χ0n) is 19.1. The van der Waals surface area contributed by atoms with Crippen molar-refractivity contribution in [3.63, 3.8) is 0 Å². The number of aryl methyl sites for hydroxylation is 1. The van der Waals surface area contributed by atoms with Crippen LogP contribution in [0.15, 0.2) is 42.5 Å². The highest BCUT2D eigenvalue weighted by Crippen LogP contribution is 2.28. The second-order valence-corrected chi connectivity index (χ2v) is 7.86. The van der Waals surface area contributed by atoms with Crippen LogP contribution >= 0.6 is 0 Å². The molecule has 3 rings (SSSR count). The fourth-order valence-electron chi connectivity index (χ4n) is 3.74. The molecule has 0 unspecified atom stereocenters. The van der Waals surface area contributed by atoms with E-state index in [1.165, 1.54) is 5.56 Å². The third-order valence-corrected chi connectivity index (χ3v) is 5.59. The first kappa shape index (κ1) is 23.4. The minimum Gasteiger partial charge on any atom is -0.494 e. The topological polar surface area (TPSA) is 68.3 Å². The van der Waals surface area contributed by atoms with Crippen LogP contribution in [0.1, 0.15) is 35.2 Å². The molecular formula is C25H32N2O5. The van der Waals surface area contributed by atoms with E-state index in [0.717, 1.165) is 18.6 Å². The van der Waals surface area contributed by atoms with Gasteiger partial charge in [-0.05, 0) is 55.7 Å². The Morgan fingerprint density at radius 3 is 2.28 bits per heavy atom. The molecule has 2 aromatic carbocycles. The number of nitrogens with zero attached hydrogens (tertiary/aromatic N) is 2. The van der Waals surface area contributed by atoms with Gasteiger partial charge >= 0.3 is 0 Å². The van der Waals surface area contributed by atoms with E-state index >= 15 is 0 Å². The number of benzene rings is 2. The molecule has 0 atom stereocenters. The number of unbranched alkanes of at least 4 members (excludes halogenated alkanes) is 1. The van der Waals surface area contributed by atoms with Gasteiger partial charge in [0.05, 0.1) is 20.8 Å². The highest BCUT2D eigenvalue weighted by molar-refractivity contribution is 5.95. The molecular weight excluding hydrogens is 408 g/mol. The molecule has 1 fully saturated rings. The van der Waals surface area contributed by atoms with Crippen LogP contribution in [0.3, 0.4) is 0 Å². The summed E-state index contributed by atoms with van der Waals surface area (Å²) in [5, 5.41) is 0. The second-order valence-electron chi connectivity index (χ2n) is 7.86. The molecule has 172 valence electrons. The number of methoxy groups -OCH3 is 2. The minimum absolute atomic E-state index is 0.0636. The Kier molecular flexibility index (Phi) is 8.36. The van der Waals surface area contributed by atoms with Gasteiger partial charge in [-0.3, -0.25) is 9.59 Å². The van der Waals surface area contributed by atoms with E-state index in [1.54, 1.807) is 37.3 Å². The highest BCUT2D eigenvalue weighted by atomic mass is 16.5. The summed E-state index contributed by atoms with van der Waals surface area (Å²) in [4.78, 5) is 29.0. The van der Waals surface area contributed by atoms with Crippen LogP contribution in [-0.4, -0.2) is 68.6 Å². The molecule has 0 N–H and O–H groups in total. The Bertz CT molecular complexity index is 922. The fraction of sp³-hybridized carbons (Fsp3) is 0.440. The number of amides is 2. The van der Waals surface area contributed by atoms with Crippen LogP contribution in [0.4, 0.5) is 0 Å². The molecule has 1 aliphatic rings. The molecule has 7 nitrogen and oxygen atoms in total. The summed E-state index contributed by atoms with van der Waals surface area (Å²) in [6, 6.07) is 13.1. The van der Waals surface area contributed by atoms with E-state index in [-0.39, 0.29) is 11.8 Å². The highest BCUT2D eigenvalue weighted by Gasteiger charge is 2.25. The minimum atomic E-state index is -0.0636. The van der Waals surface area contributed by atoms with Gasteiger partial charge in [0.15, 0.2) is 11.5 Å².